The molecule has 0 saturated carbocycles. The Kier molecular flexibility index (Phi) is 19.1. The fourth-order valence-electron chi connectivity index (χ4n) is 3.23. The van der Waals surface area contributed by atoms with E-state index in [0.717, 1.165) is 0 Å². The zero-order chi connectivity index (χ0) is 23.4. The monoisotopic (exact) mass is 485 g/mol. The van der Waals surface area contributed by atoms with Crippen LogP contribution in [0.3, 0.4) is 0 Å². The van der Waals surface area contributed by atoms with Crippen LogP contribution in [-0.2, 0) is 19.1 Å². The first-order chi connectivity index (χ1) is 14.5. The van der Waals surface area contributed by atoms with Crippen LogP contribution < -0.4 is 69.3 Å². The number of ether oxygens (including phenoxy) is 1. The zero-order valence-electron chi connectivity index (χ0n) is 20.7. The maximum atomic E-state index is 12.3. The third kappa shape index (κ3) is 17.8. The summed E-state index contributed by atoms with van der Waals surface area (Å²) in [5, 5.41) is 31.3. The Morgan fingerprint density at radius 2 is 1.09 bits per heavy atom. The topological polar surface area (TPSA) is 143 Å². The van der Waals surface area contributed by atoms with Crippen molar-refractivity contribution in [1.29, 1.82) is 5.26 Å². The van der Waals surface area contributed by atoms with E-state index in [4.69, 9.17) is 10.00 Å². The Bertz CT molecular complexity index is 656. The van der Waals surface area contributed by atoms with Crippen LogP contribution in [0.2, 0.25) is 0 Å². The van der Waals surface area contributed by atoms with Gasteiger partial charge < -0.3 is 24.5 Å². The summed E-state index contributed by atoms with van der Waals surface area (Å²) in [5.74, 6) is -2.82. The van der Waals surface area contributed by atoms with Crippen molar-refractivity contribution in [3.63, 3.8) is 0 Å². The van der Waals surface area contributed by atoms with Gasteiger partial charge >= 0.3 is 65.1 Å². The fraction of sp³-hybridized carbons (Fsp3) is 0.800. The SMILES string of the molecule is CC(C)(C)OC(=O)CN1CCN(CC#N)CCN(CC(=O)[O-])CCN(CC(=O)[O-])CC1.[Na+].[Na+]. The predicted molar refractivity (Wildman–Crippen MR) is 107 cm³/mol. The van der Waals surface area contributed by atoms with Gasteiger partial charge in [0.25, 0.3) is 0 Å². The molecule has 0 radical (unpaired) electrons. The molecule has 0 aromatic carbocycles. The quantitative estimate of drug-likeness (QED) is 0.193. The van der Waals surface area contributed by atoms with Gasteiger partial charge in [-0.15, -0.1) is 0 Å². The van der Waals surface area contributed by atoms with Gasteiger partial charge in [0.15, 0.2) is 0 Å². The van der Waals surface area contributed by atoms with Gasteiger partial charge in [0.2, 0.25) is 0 Å². The summed E-state index contributed by atoms with van der Waals surface area (Å²) >= 11 is 0. The van der Waals surface area contributed by atoms with Gasteiger partial charge in [-0.05, 0) is 20.8 Å². The molecule has 0 unspecified atom stereocenters. The molecule has 176 valence electrons. The van der Waals surface area contributed by atoms with Crippen LogP contribution in [0.5, 0.6) is 0 Å². The number of nitriles is 1. The van der Waals surface area contributed by atoms with Gasteiger partial charge in [0.1, 0.15) is 5.60 Å². The van der Waals surface area contributed by atoms with Crippen molar-refractivity contribution in [3.8, 4) is 6.07 Å². The van der Waals surface area contributed by atoms with Crippen molar-refractivity contribution in [3.05, 3.63) is 0 Å². The molecule has 1 fully saturated rings. The summed E-state index contributed by atoms with van der Waals surface area (Å²) in [7, 11) is 0. The summed E-state index contributed by atoms with van der Waals surface area (Å²) in [6.07, 6.45) is 0. The Labute approximate surface area is 240 Å². The fourth-order valence-corrected chi connectivity index (χ4v) is 3.23. The van der Waals surface area contributed by atoms with Crippen molar-refractivity contribution in [1.82, 2.24) is 19.6 Å². The van der Waals surface area contributed by atoms with Crippen molar-refractivity contribution in [2.24, 2.45) is 0 Å². The summed E-state index contributed by atoms with van der Waals surface area (Å²) in [5.41, 5.74) is -0.611. The van der Waals surface area contributed by atoms with Crippen LogP contribution in [0.1, 0.15) is 20.8 Å². The van der Waals surface area contributed by atoms with E-state index in [1.165, 1.54) is 0 Å². The van der Waals surface area contributed by atoms with Crippen molar-refractivity contribution < 1.29 is 88.4 Å². The smallest absolute Gasteiger partial charge is 0.549 e. The maximum absolute atomic E-state index is 12.3. The number of hydrogen-bond acceptors (Lipinski definition) is 11. The number of hydrogen-bond donors (Lipinski definition) is 0. The van der Waals surface area contributed by atoms with Crippen LogP contribution in [0.4, 0.5) is 0 Å². The second-order valence-corrected chi connectivity index (χ2v) is 8.59. The number of carboxylic acids is 2. The number of carbonyl (C=O) groups is 3. The molecule has 0 aromatic rings. The number of nitrogens with zero attached hydrogens (tertiary/aromatic N) is 5. The number of carboxylic acid groups (broad SMARTS) is 2. The third-order valence-electron chi connectivity index (χ3n) is 4.70. The Morgan fingerprint density at radius 1 is 0.758 bits per heavy atom. The maximum Gasteiger partial charge on any atom is 1.00 e. The van der Waals surface area contributed by atoms with Gasteiger partial charge in [-0.3, -0.25) is 24.4 Å². The van der Waals surface area contributed by atoms with Crippen LogP contribution in [0, 0.1) is 11.3 Å². The van der Waals surface area contributed by atoms with Crippen molar-refractivity contribution >= 4 is 17.9 Å². The summed E-state index contributed by atoms with van der Waals surface area (Å²) in [6, 6.07) is 2.11. The first-order valence-corrected chi connectivity index (χ1v) is 10.4. The van der Waals surface area contributed by atoms with Crippen molar-refractivity contribution in [2.45, 2.75) is 26.4 Å². The third-order valence-corrected chi connectivity index (χ3v) is 4.70. The molecule has 0 aliphatic carbocycles. The predicted octanol–water partition coefficient (Wildman–Crippen LogP) is -9.42. The number of aliphatic carboxylic acids is 2. The van der Waals surface area contributed by atoms with Gasteiger partial charge in [0, 0.05) is 65.4 Å². The number of rotatable bonds is 7. The molecule has 1 heterocycles. The van der Waals surface area contributed by atoms with E-state index in [-0.39, 0.29) is 91.3 Å². The number of esters is 1. The van der Waals surface area contributed by atoms with E-state index in [1.54, 1.807) is 30.6 Å². The van der Waals surface area contributed by atoms with E-state index < -0.39 is 17.5 Å². The van der Waals surface area contributed by atoms with Crippen molar-refractivity contribution in [2.75, 3.05) is 78.5 Å². The summed E-state index contributed by atoms with van der Waals surface area (Å²) in [4.78, 5) is 41.6. The summed E-state index contributed by atoms with van der Waals surface area (Å²) < 4.78 is 5.40. The van der Waals surface area contributed by atoms with E-state index in [9.17, 15) is 24.6 Å². The molecule has 11 nitrogen and oxygen atoms in total. The second kappa shape index (κ2) is 18.1. The molecule has 0 amide bonds. The minimum atomic E-state index is -1.22. The van der Waals surface area contributed by atoms with Crippen LogP contribution in [-0.4, -0.2) is 122 Å². The normalized spacial score (nSPS) is 17.9. The van der Waals surface area contributed by atoms with Crippen LogP contribution >= 0.6 is 0 Å². The van der Waals surface area contributed by atoms with E-state index >= 15 is 0 Å². The molecule has 13 heteroatoms. The van der Waals surface area contributed by atoms with Gasteiger partial charge in [-0.2, -0.15) is 5.26 Å². The minimum Gasteiger partial charge on any atom is -0.549 e. The molecular weight excluding hydrogens is 452 g/mol. The Hall–Kier alpha value is -0.260. The molecule has 0 spiro atoms. The van der Waals surface area contributed by atoms with Gasteiger partial charge in [-0.25, -0.2) is 0 Å². The van der Waals surface area contributed by atoms with E-state index in [1.807, 2.05) is 9.80 Å². The molecule has 1 aliphatic heterocycles. The average Bonchev–Trinajstić information content (AvgIpc) is 2.61. The molecule has 0 atom stereocenters. The van der Waals surface area contributed by atoms with Gasteiger partial charge in [-0.1, -0.05) is 0 Å². The molecule has 0 bridgehead atoms. The molecule has 33 heavy (non-hydrogen) atoms. The van der Waals surface area contributed by atoms with Crippen LogP contribution in [0.15, 0.2) is 0 Å². The van der Waals surface area contributed by atoms with E-state index in [0.29, 0.717) is 52.4 Å². The molecule has 1 saturated heterocycles. The van der Waals surface area contributed by atoms with Gasteiger partial charge in [0.05, 0.1) is 31.1 Å². The molecule has 0 N–H and O–H groups in total. The largest absolute Gasteiger partial charge is 1.00 e. The Morgan fingerprint density at radius 3 is 1.39 bits per heavy atom. The molecule has 1 rings (SSSR count). The first-order valence-electron chi connectivity index (χ1n) is 10.4. The molecule has 0 aromatic heterocycles. The standard InChI is InChI=1S/C20H35N5O6.2Na/c1-20(2,3)31-19(30)16-25-9-7-22(5-4-21)6-8-23(14-17(26)27)10-11-24(12-13-25)15-18(28)29;;/h5-16H2,1-3H3,(H,26,27)(H,28,29);;/q;2*+1/p-2. The summed E-state index contributed by atoms with van der Waals surface area (Å²) in [6.45, 7) is 8.25. The second-order valence-electron chi connectivity index (χ2n) is 8.59. The molecular formula is C20H33N5Na2O6. The van der Waals surface area contributed by atoms with Crippen LogP contribution in [0.25, 0.3) is 0 Å². The molecule has 1 aliphatic rings. The first kappa shape index (κ1) is 34.9. The average molecular weight is 485 g/mol. The van der Waals surface area contributed by atoms with E-state index in [2.05, 4.69) is 6.07 Å². The zero-order valence-corrected chi connectivity index (χ0v) is 24.7. The minimum absolute atomic E-state index is 0. The number of carbonyl (C=O) groups excluding carboxylic acids is 3. The Balaban J connectivity index is 0.